The zero-order chi connectivity index (χ0) is 17.6. The number of hydrogen-bond acceptors (Lipinski definition) is 3. The van der Waals surface area contributed by atoms with Crippen molar-refractivity contribution < 1.29 is 14.7 Å². The number of hydrogen-bond donors (Lipinski definition) is 3. The highest BCUT2D eigenvalue weighted by Gasteiger charge is 2.42. The lowest BCUT2D eigenvalue weighted by molar-refractivity contribution is -0.124. The summed E-state index contributed by atoms with van der Waals surface area (Å²) in [5, 5.41) is 15.2. The third-order valence-corrected chi connectivity index (χ3v) is 4.30. The SMILES string of the molecule is O=C(NCc1ccccc1)[C@H]1NC(=O)N(Cc2ccccc2)[C@H]1CO. The van der Waals surface area contributed by atoms with Crippen molar-refractivity contribution in [3.63, 3.8) is 0 Å². The van der Waals surface area contributed by atoms with E-state index in [0.29, 0.717) is 13.1 Å². The van der Waals surface area contributed by atoms with E-state index in [9.17, 15) is 14.7 Å². The van der Waals surface area contributed by atoms with E-state index in [1.165, 1.54) is 4.90 Å². The van der Waals surface area contributed by atoms with Crippen LogP contribution in [0.15, 0.2) is 60.7 Å². The molecule has 0 unspecified atom stereocenters. The van der Waals surface area contributed by atoms with E-state index in [-0.39, 0.29) is 18.5 Å². The molecule has 130 valence electrons. The minimum absolute atomic E-state index is 0.283. The Morgan fingerprint density at radius 3 is 2.24 bits per heavy atom. The summed E-state index contributed by atoms with van der Waals surface area (Å²) in [6.45, 7) is 0.443. The summed E-state index contributed by atoms with van der Waals surface area (Å²) in [6, 6.07) is 17.3. The molecule has 6 nitrogen and oxygen atoms in total. The molecule has 2 atom stereocenters. The molecule has 1 heterocycles. The van der Waals surface area contributed by atoms with E-state index in [1.807, 2.05) is 60.7 Å². The molecule has 1 aliphatic heterocycles. The number of amides is 3. The summed E-state index contributed by atoms with van der Waals surface area (Å²) in [5.74, 6) is -0.299. The fraction of sp³-hybridized carbons (Fsp3) is 0.263. The highest BCUT2D eigenvalue weighted by molar-refractivity contribution is 5.91. The summed E-state index contributed by atoms with van der Waals surface area (Å²) in [6.07, 6.45) is 0. The summed E-state index contributed by atoms with van der Waals surface area (Å²) < 4.78 is 0. The summed E-state index contributed by atoms with van der Waals surface area (Å²) in [7, 11) is 0. The monoisotopic (exact) mass is 339 g/mol. The van der Waals surface area contributed by atoms with Gasteiger partial charge in [0.05, 0.1) is 12.6 Å². The van der Waals surface area contributed by atoms with Gasteiger partial charge in [-0.3, -0.25) is 4.79 Å². The van der Waals surface area contributed by atoms with Crippen LogP contribution in [0.3, 0.4) is 0 Å². The molecule has 25 heavy (non-hydrogen) atoms. The first kappa shape index (κ1) is 17.0. The lowest BCUT2D eigenvalue weighted by atomic mass is 10.1. The minimum Gasteiger partial charge on any atom is -0.394 e. The number of nitrogens with one attached hydrogen (secondary N) is 2. The Hall–Kier alpha value is -2.86. The first-order valence-corrected chi connectivity index (χ1v) is 8.22. The molecule has 1 saturated heterocycles. The van der Waals surface area contributed by atoms with Gasteiger partial charge in [0.2, 0.25) is 5.91 Å². The van der Waals surface area contributed by atoms with Crippen LogP contribution in [0.25, 0.3) is 0 Å². The molecule has 0 aromatic heterocycles. The van der Waals surface area contributed by atoms with Gasteiger partial charge in [-0.05, 0) is 11.1 Å². The summed E-state index contributed by atoms with van der Waals surface area (Å²) >= 11 is 0. The summed E-state index contributed by atoms with van der Waals surface area (Å²) in [4.78, 5) is 26.2. The van der Waals surface area contributed by atoms with Crippen LogP contribution < -0.4 is 10.6 Å². The second-order valence-corrected chi connectivity index (χ2v) is 5.99. The topological polar surface area (TPSA) is 81.7 Å². The lowest BCUT2D eigenvalue weighted by Gasteiger charge is -2.24. The van der Waals surface area contributed by atoms with Gasteiger partial charge in [-0.25, -0.2) is 4.79 Å². The predicted molar refractivity (Wildman–Crippen MR) is 93.5 cm³/mol. The van der Waals surface area contributed by atoms with E-state index in [1.54, 1.807) is 0 Å². The van der Waals surface area contributed by atoms with Crippen molar-refractivity contribution in [1.29, 1.82) is 0 Å². The standard InChI is InChI=1S/C19H21N3O3/c23-13-16-17(18(24)20-11-14-7-3-1-4-8-14)21-19(25)22(16)12-15-9-5-2-6-10-15/h1-10,16-17,23H,11-13H2,(H,20,24)(H,21,25)/t16-,17-/m0/s1. The van der Waals surface area contributed by atoms with Crippen LogP contribution in [0.1, 0.15) is 11.1 Å². The van der Waals surface area contributed by atoms with Crippen LogP contribution in [-0.2, 0) is 17.9 Å². The molecule has 2 aromatic carbocycles. The van der Waals surface area contributed by atoms with Crippen molar-refractivity contribution in [1.82, 2.24) is 15.5 Å². The molecule has 3 N–H and O–H groups in total. The zero-order valence-electron chi connectivity index (χ0n) is 13.8. The molecule has 0 aliphatic carbocycles. The molecular weight excluding hydrogens is 318 g/mol. The van der Waals surface area contributed by atoms with Gasteiger partial charge in [0.15, 0.2) is 0 Å². The molecule has 3 amide bonds. The molecule has 3 rings (SSSR count). The van der Waals surface area contributed by atoms with Crippen molar-refractivity contribution >= 4 is 11.9 Å². The molecule has 6 heteroatoms. The van der Waals surface area contributed by atoms with Crippen molar-refractivity contribution in [3.05, 3.63) is 71.8 Å². The average molecular weight is 339 g/mol. The van der Waals surface area contributed by atoms with Crippen LogP contribution in [-0.4, -0.2) is 40.6 Å². The quantitative estimate of drug-likeness (QED) is 0.741. The second kappa shape index (κ2) is 7.81. The number of urea groups is 1. The molecule has 0 saturated carbocycles. The van der Waals surface area contributed by atoms with Crippen LogP contribution in [0, 0.1) is 0 Å². The van der Waals surface area contributed by atoms with Gasteiger partial charge in [-0.15, -0.1) is 0 Å². The molecule has 1 fully saturated rings. The molecule has 2 aromatic rings. The third kappa shape index (κ3) is 3.97. The van der Waals surface area contributed by atoms with E-state index in [2.05, 4.69) is 10.6 Å². The maximum Gasteiger partial charge on any atom is 0.318 e. The van der Waals surface area contributed by atoms with Crippen molar-refractivity contribution in [2.45, 2.75) is 25.2 Å². The Labute approximate surface area is 146 Å². The number of carbonyl (C=O) groups is 2. The maximum absolute atomic E-state index is 12.5. The largest absolute Gasteiger partial charge is 0.394 e. The fourth-order valence-electron chi connectivity index (χ4n) is 2.95. The van der Waals surface area contributed by atoms with Gasteiger partial charge >= 0.3 is 6.03 Å². The van der Waals surface area contributed by atoms with Crippen molar-refractivity contribution in [2.24, 2.45) is 0 Å². The molecule has 0 radical (unpaired) electrons. The van der Waals surface area contributed by atoms with Gasteiger partial charge in [0.1, 0.15) is 6.04 Å². The molecular formula is C19H21N3O3. The van der Waals surface area contributed by atoms with Crippen molar-refractivity contribution in [2.75, 3.05) is 6.61 Å². The predicted octanol–water partition coefficient (Wildman–Crippen LogP) is 1.26. The molecule has 0 spiro atoms. The van der Waals surface area contributed by atoms with Crippen LogP contribution in [0.4, 0.5) is 4.79 Å². The lowest BCUT2D eigenvalue weighted by Crippen LogP contribution is -2.49. The number of benzene rings is 2. The Morgan fingerprint density at radius 2 is 1.64 bits per heavy atom. The number of carbonyl (C=O) groups excluding carboxylic acids is 2. The van der Waals surface area contributed by atoms with Gasteiger partial charge in [-0.1, -0.05) is 60.7 Å². The Morgan fingerprint density at radius 1 is 1.04 bits per heavy atom. The molecule has 1 aliphatic rings. The zero-order valence-corrected chi connectivity index (χ0v) is 13.8. The van der Waals surface area contributed by atoms with Gasteiger partial charge in [0, 0.05) is 13.1 Å². The maximum atomic E-state index is 12.5. The number of nitrogens with zero attached hydrogens (tertiary/aromatic N) is 1. The van der Waals surface area contributed by atoms with Gasteiger partial charge in [-0.2, -0.15) is 0 Å². The van der Waals surface area contributed by atoms with Crippen LogP contribution >= 0.6 is 0 Å². The van der Waals surface area contributed by atoms with Gasteiger partial charge in [0.25, 0.3) is 0 Å². The van der Waals surface area contributed by atoms with Crippen LogP contribution in [0.5, 0.6) is 0 Å². The third-order valence-electron chi connectivity index (χ3n) is 4.30. The van der Waals surface area contributed by atoms with Gasteiger partial charge < -0.3 is 20.6 Å². The highest BCUT2D eigenvalue weighted by Crippen LogP contribution is 2.17. The van der Waals surface area contributed by atoms with E-state index in [4.69, 9.17) is 0 Å². The number of aliphatic hydroxyl groups excluding tert-OH is 1. The second-order valence-electron chi connectivity index (χ2n) is 5.99. The van der Waals surface area contributed by atoms with E-state index >= 15 is 0 Å². The number of aliphatic hydroxyl groups is 1. The van der Waals surface area contributed by atoms with Crippen LogP contribution in [0.2, 0.25) is 0 Å². The first-order valence-electron chi connectivity index (χ1n) is 8.22. The molecule has 0 bridgehead atoms. The fourth-order valence-corrected chi connectivity index (χ4v) is 2.95. The highest BCUT2D eigenvalue weighted by atomic mass is 16.3. The average Bonchev–Trinajstić information content (AvgIpc) is 2.97. The Balaban J connectivity index is 1.65. The minimum atomic E-state index is -0.773. The number of rotatable bonds is 6. The summed E-state index contributed by atoms with van der Waals surface area (Å²) in [5.41, 5.74) is 1.92. The van der Waals surface area contributed by atoms with Crippen molar-refractivity contribution in [3.8, 4) is 0 Å². The Kier molecular flexibility index (Phi) is 5.30. The van der Waals surface area contributed by atoms with E-state index < -0.39 is 12.1 Å². The Bertz CT molecular complexity index is 721. The normalized spacial score (nSPS) is 19.6. The van der Waals surface area contributed by atoms with E-state index in [0.717, 1.165) is 11.1 Å². The first-order chi connectivity index (χ1) is 12.2. The smallest absolute Gasteiger partial charge is 0.318 e.